The number of nitriles is 1. The van der Waals surface area contributed by atoms with Gasteiger partial charge in [-0.1, -0.05) is 6.07 Å². The molecule has 3 aliphatic rings. The van der Waals surface area contributed by atoms with Gasteiger partial charge in [0, 0.05) is 22.1 Å². The number of hydrogen-bond donors (Lipinski definition) is 0. The molecule has 0 amide bonds. The lowest BCUT2D eigenvalue weighted by Gasteiger charge is -2.42. The predicted octanol–water partition coefficient (Wildman–Crippen LogP) is 3.51. The Hall–Kier alpha value is -2.01. The Morgan fingerprint density at radius 3 is 2.76 bits per heavy atom. The molecule has 126 valence electrons. The van der Waals surface area contributed by atoms with Crippen LogP contribution < -0.4 is 4.90 Å². The number of carbonyl (C=O) groups is 2. The Morgan fingerprint density at radius 2 is 1.96 bits per heavy atom. The topological polar surface area (TPSA) is 73.5 Å². The van der Waals surface area contributed by atoms with Crippen LogP contribution in [0.2, 0.25) is 0 Å². The highest BCUT2D eigenvalue weighted by atomic mass is 127. The zero-order valence-electron chi connectivity index (χ0n) is 13.6. The van der Waals surface area contributed by atoms with E-state index in [4.69, 9.17) is 4.99 Å². The third-order valence-corrected chi connectivity index (χ3v) is 5.83. The van der Waals surface area contributed by atoms with Gasteiger partial charge in [-0.3, -0.25) is 14.6 Å². The maximum atomic E-state index is 12.8. The Kier molecular flexibility index (Phi) is 4.20. The van der Waals surface area contributed by atoms with E-state index in [1.54, 1.807) is 6.07 Å². The number of anilines is 1. The molecule has 1 fully saturated rings. The molecule has 0 saturated heterocycles. The average molecular weight is 445 g/mol. The first-order chi connectivity index (χ1) is 12.1. The van der Waals surface area contributed by atoms with E-state index in [9.17, 15) is 14.9 Å². The van der Waals surface area contributed by atoms with Crippen molar-refractivity contribution in [2.24, 2.45) is 4.99 Å². The first-order valence-electron chi connectivity index (χ1n) is 8.46. The van der Waals surface area contributed by atoms with Crippen LogP contribution in [-0.4, -0.2) is 23.3 Å². The molecule has 5 nitrogen and oxygen atoms in total. The number of halogens is 1. The van der Waals surface area contributed by atoms with Crippen molar-refractivity contribution in [3.8, 4) is 6.07 Å². The van der Waals surface area contributed by atoms with Gasteiger partial charge < -0.3 is 4.90 Å². The zero-order chi connectivity index (χ0) is 17.6. The smallest absolute Gasteiger partial charge is 0.181 e. The van der Waals surface area contributed by atoms with Crippen LogP contribution in [0.5, 0.6) is 0 Å². The molecular weight excluding hydrogens is 429 g/mol. The normalized spacial score (nSPS) is 23.0. The monoisotopic (exact) mass is 445 g/mol. The minimum absolute atomic E-state index is 0.0194. The molecular formula is C19H16IN3O2. The minimum Gasteiger partial charge on any atom is -0.319 e. The lowest BCUT2D eigenvalue weighted by molar-refractivity contribution is -0.119. The molecule has 6 heteroatoms. The summed E-state index contributed by atoms with van der Waals surface area (Å²) in [6.45, 7) is 0. The summed E-state index contributed by atoms with van der Waals surface area (Å²) in [6.07, 6.45) is 4.05. The van der Waals surface area contributed by atoms with E-state index >= 15 is 0 Å². The van der Waals surface area contributed by atoms with E-state index < -0.39 is 6.04 Å². The summed E-state index contributed by atoms with van der Waals surface area (Å²) in [6, 6.07) is 7.15. The van der Waals surface area contributed by atoms with Crippen LogP contribution in [0, 0.1) is 14.9 Å². The summed E-state index contributed by atoms with van der Waals surface area (Å²) >= 11 is 2.18. The quantitative estimate of drug-likeness (QED) is 0.621. The molecule has 1 atom stereocenters. The van der Waals surface area contributed by atoms with E-state index in [1.807, 2.05) is 17.0 Å². The van der Waals surface area contributed by atoms with Crippen molar-refractivity contribution in [2.75, 3.05) is 4.90 Å². The van der Waals surface area contributed by atoms with Gasteiger partial charge in [0.2, 0.25) is 0 Å². The van der Waals surface area contributed by atoms with Gasteiger partial charge in [-0.05, 0) is 60.4 Å². The molecule has 0 aromatic heterocycles. The summed E-state index contributed by atoms with van der Waals surface area (Å²) in [5.41, 5.74) is 3.29. The van der Waals surface area contributed by atoms with Crippen LogP contribution >= 0.6 is 22.6 Å². The number of nitrogens with zero attached hydrogens (tertiary/aromatic N) is 3. The van der Waals surface area contributed by atoms with Crippen molar-refractivity contribution < 1.29 is 9.59 Å². The summed E-state index contributed by atoms with van der Waals surface area (Å²) in [5, 5.41) is 9.60. The Balaban J connectivity index is 1.99. The number of aliphatic imine (C=N–C) groups is 1. The average Bonchev–Trinajstić information content (AvgIpc) is 2.60. The number of para-hydroxylation sites is 1. The van der Waals surface area contributed by atoms with Crippen molar-refractivity contribution in [1.29, 1.82) is 5.26 Å². The van der Waals surface area contributed by atoms with Gasteiger partial charge >= 0.3 is 0 Å². The van der Waals surface area contributed by atoms with Gasteiger partial charge in [-0.2, -0.15) is 5.26 Å². The molecule has 1 aliphatic heterocycles. The molecule has 4 rings (SSSR count). The molecule has 1 aromatic rings. The summed E-state index contributed by atoms with van der Waals surface area (Å²) in [5.74, 6) is 0.101. The van der Waals surface area contributed by atoms with Crippen molar-refractivity contribution in [2.45, 2.75) is 44.6 Å². The van der Waals surface area contributed by atoms with Crippen molar-refractivity contribution >= 4 is 45.6 Å². The fourth-order valence-electron chi connectivity index (χ4n) is 3.90. The lowest BCUT2D eigenvalue weighted by atomic mass is 9.85. The first kappa shape index (κ1) is 16.5. The number of fused-ring (bicyclic) bond motifs is 1. The number of carbonyl (C=O) groups excluding carboxylic acids is 2. The number of hydrogen-bond acceptors (Lipinski definition) is 5. The third-order valence-electron chi connectivity index (χ3n) is 4.96. The van der Waals surface area contributed by atoms with Crippen LogP contribution in [0.4, 0.5) is 5.69 Å². The van der Waals surface area contributed by atoms with E-state index in [0.717, 1.165) is 40.7 Å². The largest absolute Gasteiger partial charge is 0.319 e. The number of ketones is 2. The molecule has 1 aromatic carbocycles. The Bertz CT molecular complexity index is 894. The Morgan fingerprint density at radius 1 is 1.16 bits per heavy atom. The number of rotatable bonds is 1. The molecule has 1 unspecified atom stereocenters. The Labute approximate surface area is 159 Å². The van der Waals surface area contributed by atoms with Crippen LogP contribution in [0.3, 0.4) is 0 Å². The molecule has 1 saturated carbocycles. The summed E-state index contributed by atoms with van der Waals surface area (Å²) in [4.78, 5) is 32.1. The van der Waals surface area contributed by atoms with Crippen molar-refractivity contribution in [3.63, 3.8) is 0 Å². The van der Waals surface area contributed by atoms with E-state index in [2.05, 4.69) is 28.7 Å². The minimum atomic E-state index is -0.544. The van der Waals surface area contributed by atoms with Crippen LogP contribution in [0.1, 0.15) is 44.1 Å². The van der Waals surface area contributed by atoms with Crippen LogP contribution in [0.25, 0.3) is 0 Å². The molecule has 1 heterocycles. The molecule has 0 N–H and O–H groups in total. The second-order valence-electron chi connectivity index (χ2n) is 6.52. The SMILES string of the molecule is N#Cc1cccc(I)c1N1C2=C(CCCC2=O)N=C2CCCC(=O)C21. The number of allylic oxidation sites excluding steroid dienone is 2. The van der Waals surface area contributed by atoms with E-state index in [1.165, 1.54) is 0 Å². The molecule has 0 spiro atoms. The van der Waals surface area contributed by atoms with Gasteiger partial charge in [0.1, 0.15) is 17.8 Å². The second kappa shape index (κ2) is 6.37. The van der Waals surface area contributed by atoms with Crippen molar-refractivity contribution in [1.82, 2.24) is 0 Å². The maximum absolute atomic E-state index is 12.8. The zero-order valence-corrected chi connectivity index (χ0v) is 15.7. The fraction of sp³-hybridized carbons (Fsp3) is 0.368. The van der Waals surface area contributed by atoms with Gasteiger partial charge in [0.15, 0.2) is 11.6 Å². The maximum Gasteiger partial charge on any atom is 0.181 e. The van der Waals surface area contributed by atoms with Crippen molar-refractivity contribution in [3.05, 3.63) is 38.7 Å². The predicted molar refractivity (Wildman–Crippen MR) is 102 cm³/mol. The standard InChI is InChI=1S/C19H16IN3O2/c20-12-5-1-4-11(10-21)17(12)23-18-13(6-2-8-15(18)24)22-14-7-3-9-16(25)19(14)23/h1,4-5,18H,2-3,6-9H2. The van der Waals surface area contributed by atoms with Gasteiger partial charge in [0.05, 0.1) is 16.9 Å². The summed E-state index contributed by atoms with van der Waals surface area (Å²) < 4.78 is 0.862. The van der Waals surface area contributed by atoms with E-state index in [-0.39, 0.29) is 11.6 Å². The number of Topliss-reactive ketones (excluding diaryl/α,β-unsaturated/α-hetero) is 2. The van der Waals surface area contributed by atoms with Gasteiger partial charge in [-0.15, -0.1) is 0 Å². The fourth-order valence-corrected chi connectivity index (χ4v) is 4.66. The highest BCUT2D eigenvalue weighted by Gasteiger charge is 2.43. The lowest BCUT2D eigenvalue weighted by Crippen LogP contribution is -2.53. The molecule has 0 bridgehead atoms. The summed E-state index contributed by atoms with van der Waals surface area (Å²) in [7, 11) is 0. The van der Waals surface area contributed by atoms with Crippen LogP contribution in [-0.2, 0) is 9.59 Å². The highest BCUT2D eigenvalue weighted by Crippen LogP contribution is 2.40. The van der Waals surface area contributed by atoms with E-state index in [0.29, 0.717) is 29.8 Å². The molecule has 2 aliphatic carbocycles. The molecule has 0 radical (unpaired) electrons. The van der Waals surface area contributed by atoms with Gasteiger partial charge in [-0.25, -0.2) is 0 Å². The van der Waals surface area contributed by atoms with Crippen LogP contribution in [0.15, 0.2) is 34.6 Å². The van der Waals surface area contributed by atoms with Gasteiger partial charge in [0.25, 0.3) is 0 Å². The first-order valence-corrected chi connectivity index (χ1v) is 9.54. The second-order valence-corrected chi connectivity index (χ2v) is 7.68. The molecule has 25 heavy (non-hydrogen) atoms. The number of benzene rings is 1. The third kappa shape index (κ3) is 2.61. The highest BCUT2D eigenvalue weighted by molar-refractivity contribution is 14.1.